The molecule has 0 unspecified atom stereocenters. The number of rotatable bonds is 6. The molecule has 0 aliphatic carbocycles. The number of hydrogen-bond acceptors (Lipinski definition) is 4. The minimum atomic E-state index is -0.0554. The number of amides is 1. The lowest BCUT2D eigenvalue weighted by atomic mass is 10.0. The highest BCUT2D eigenvalue weighted by atomic mass is 32.2. The van der Waals surface area contributed by atoms with E-state index in [1.807, 2.05) is 60.1 Å². The second-order valence-electron chi connectivity index (χ2n) is 6.35. The maximum Gasteiger partial charge on any atom is 0.234 e. The number of carbonyl (C=O) groups is 1. The molecular formula is C20H22N4OS. The molecule has 1 N–H and O–H groups in total. The molecular weight excluding hydrogens is 344 g/mol. The molecule has 26 heavy (non-hydrogen) atoms. The molecule has 134 valence electrons. The van der Waals surface area contributed by atoms with Crippen LogP contribution in [-0.2, 0) is 11.8 Å². The second kappa shape index (κ2) is 8.19. The second-order valence-corrected chi connectivity index (χ2v) is 7.29. The van der Waals surface area contributed by atoms with Crippen LogP contribution in [0.15, 0.2) is 59.8 Å². The Hall–Kier alpha value is -2.60. The monoisotopic (exact) mass is 366 g/mol. The fourth-order valence-electron chi connectivity index (χ4n) is 2.58. The Morgan fingerprint density at radius 3 is 2.62 bits per heavy atom. The lowest BCUT2D eigenvalue weighted by Gasteiger charge is -2.09. The normalized spacial score (nSPS) is 10.9. The molecule has 0 aliphatic rings. The van der Waals surface area contributed by atoms with Crippen molar-refractivity contribution in [2.75, 3.05) is 11.1 Å². The zero-order valence-electron chi connectivity index (χ0n) is 15.1. The van der Waals surface area contributed by atoms with Crippen molar-refractivity contribution in [2.45, 2.75) is 24.9 Å². The van der Waals surface area contributed by atoms with Crippen molar-refractivity contribution in [1.82, 2.24) is 14.8 Å². The van der Waals surface area contributed by atoms with Gasteiger partial charge in [0, 0.05) is 18.3 Å². The first-order valence-electron chi connectivity index (χ1n) is 8.52. The van der Waals surface area contributed by atoms with Crippen LogP contribution < -0.4 is 5.32 Å². The standard InChI is InChI=1S/C20H22N4OS/c1-14(2)16-10-7-11-17(12-16)21-18(25)13-26-20-23-22-19(24(20)3)15-8-5-4-6-9-15/h4-12,14H,13H2,1-3H3,(H,21,25). The molecule has 0 spiro atoms. The lowest BCUT2D eigenvalue weighted by molar-refractivity contribution is -0.113. The highest BCUT2D eigenvalue weighted by Crippen LogP contribution is 2.23. The predicted molar refractivity (Wildman–Crippen MR) is 106 cm³/mol. The average molecular weight is 366 g/mol. The van der Waals surface area contributed by atoms with Gasteiger partial charge >= 0.3 is 0 Å². The van der Waals surface area contributed by atoms with Crippen LogP contribution in [0.5, 0.6) is 0 Å². The Bertz CT molecular complexity index is 890. The molecule has 2 aromatic carbocycles. The molecule has 0 saturated carbocycles. The minimum absolute atomic E-state index is 0.0554. The molecule has 3 rings (SSSR count). The molecule has 1 heterocycles. The molecule has 0 radical (unpaired) electrons. The number of nitrogens with one attached hydrogen (secondary N) is 1. The van der Waals surface area contributed by atoms with Crippen LogP contribution >= 0.6 is 11.8 Å². The van der Waals surface area contributed by atoms with Gasteiger partial charge in [0.2, 0.25) is 5.91 Å². The van der Waals surface area contributed by atoms with Crippen molar-refractivity contribution in [3.05, 3.63) is 60.2 Å². The Balaban J connectivity index is 1.62. The third kappa shape index (κ3) is 4.32. The van der Waals surface area contributed by atoms with E-state index in [1.54, 1.807) is 0 Å². The number of benzene rings is 2. The van der Waals surface area contributed by atoms with Crippen molar-refractivity contribution in [3.8, 4) is 11.4 Å². The van der Waals surface area contributed by atoms with E-state index in [-0.39, 0.29) is 11.7 Å². The smallest absolute Gasteiger partial charge is 0.234 e. The van der Waals surface area contributed by atoms with Crippen LogP contribution in [0, 0.1) is 0 Å². The summed E-state index contributed by atoms with van der Waals surface area (Å²) >= 11 is 1.38. The number of carbonyl (C=O) groups excluding carboxylic acids is 1. The van der Waals surface area contributed by atoms with Crippen LogP contribution in [0.4, 0.5) is 5.69 Å². The maximum absolute atomic E-state index is 12.3. The van der Waals surface area contributed by atoms with Crippen LogP contribution in [0.25, 0.3) is 11.4 Å². The van der Waals surface area contributed by atoms with E-state index >= 15 is 0 Å². The van der Waals surface area contributed by atoms with Crippen molar-refractivity contribution in [1.29, 1.82) is 0 Å². The van der Waals surface area contributed by atoms with Gasteiger partial charge in [0.15, 0.2) is 11.0 Å². The van der Waals surface area contributed by atoms with Gasteiger partial charge in [-0.3, -0.25) is 4.79 Å². The predicted octanol–water partition coefficient (Wildman–Crippen LogP) is 4.34. The van der Waals surface area contributed by atoms with E-state index in [2.05, 4.69) is 35.4 Å². The number of thioether (sulfide) groups is 1. The van der Waals surface area contributed by atoms with Gasteiger partial charge in [-0.2, -0.15) is 0 Å². The van der Waals surface area contributed by atoms with Gasteiger partial charge in [0.25, 0.3) is 0 Å². The van der Waals surface area contributed by atoms with E-state index in [0.29, 0.717) is 5.92 Å². The maximum atomic E-state index is 12.3. The number of hydrogen-bond donors (Lipinski definition) is 1. The van der Waals surface area contributed by atoms with Gasteiger partial charge in [0.05, 0.1) is 5.75 Å². The number of anilines is 1. The SMILES string of the molecule is CC(C)c1cccc(NC(=O)CSc2nnc(-c3ccccc3)n2C)c1. The molecule has 0 atom stereocenters. The zero-order valence-corrected chi connectivity index (χ0v) is 16.0. The largest absolute Gasteiger partial charge is 0.325 e. The molecule has 1 amide bonds. The Kier molecular flexibility index (Phi) is 5.73. The molecule has 1 aromatic heterocycles. The minimum Gasteiger partial charge on any atom is -0.325 e. The first-order valence-corrected chi connectivity index (χ1v) is 9.50. The van der Waals surface area contributed by atoms with Crippen LogP contribution in [0.2, 0.25) is 0 Å². The van der Waals surface area contributed by atoms with Crippen molar-refractivity contribution in [3.63, 3.8) is 0 Å². The van der Waals surface area contributed by atoms with E-state index < -0.39 is 0 Å². The van der Waals surface area contributed by atoms with Gasteiger partial charge in [-0.25, -0.2) is 0 Å². The van der Waals surface area contributed by atoms with E-state index in [1.165, 1.54) is 17.3 Å². The number of aromatic nitrogens is 3. The molecule has 3 aromatic rings. The topological polar surface area (TPSA) is 59.8 Å². The van der Waals surface area contributed by atoms with E-state index in [9.17, 15) is 4.79 Å². The summed E-state index contributed by atoms with van der Waals surface area (Å²) in [7, 11) is 1.91. The summed E-state index contributed by atoms with van der Waals surface area (Å²) in [6, 6.07) is 17.8. The fourth-order valence-corrected chi connectivity index (χ4v) is 3.29. The Labute approximate surface area is 157 Å². The quantitative estimate of drug-likeness (QED) is 0.660. The lowest BCUT2D eigenvalue weighted by Crippen LogP contribution is -2.14. The Morgan fingerprint density at radius 1 is 1.12 bits per heavy atom. The van der Waals surface area contributed by atoms with E-state index in [0.717, 1.165) is 22.2 Å². The first-order chi connectivity index (χ1) is 12.5. The summed E-state index contributed by atoms with van der Waals surface area (Å²) in [6.07, 6.45) is 0. The fraction of sp³-hybridized carbons (Fsp3) is 0.250. The van der Waals surface area contributed by atoms with Gasteiger partial charge in [-0.05, 0) is 23.6 Å². The Morgan fingerprint density at radius 2 is 1.88 bits per heavy atom. The summed E-state index contributed by atoms with van der Waals surface area (Å²) < 4.78 is 1.91. The molecule has 5 nitrogen and oxygen atoms in total. The van der Waals surface area contributed by atoms with Crippen molar-refractivity contribution in [2.24, 2.45) is 7.05 Å². The molecule has 0 bridgehead atoms. The molecule has 0 fully saturated rings. The molecule has 6 heteroatoms. The third-order valence-corrected chi connectivity index (χ3v) is 5.06. The summed E-state index contributed by atoms with van der Waals surface area (Å²) in [5, 5.41) is 12.1. The van der Waals surface area contributed by atoms with Crippen LogP contribution in [-0.4, -0.2) is 26.4 Å². The first kappa shape index (κ1) is 18.2. The average Bonchev–Trinajstić information content (AvgIpc) is 3.01. The summed E-state index contributed by atoms with van der Waals surface area (Å²) in [4.78, 5) is 12.3. The summed E-state index contributed by atoms with van der Waals surface area (Å²) in [5.74, 6) is 1.45. The molecule has 0 aliphatic heterocycles. The third-order valence-electron chi connectivity index (χ3n) is 4.04. The highest BCUT2D eigenvalue weighted by Gasteiger charge is 2.13. The van der Waals surface area contributed by atoms with Gasteiger partial charge < -0.3 is 9.88 Å². The molecule has 0 saturated heterocycles. The van der Waals surface area contributed by atoms with Crippen LogP contribution in [0.3, 0.4) is 0 Å². The van der Waals surface area contributed by atoms with E-state index in [4.69, 9.17) is 0 Å². The van der Waals surface area contributed by atoms with Gasteiger partial charge in [-0.15, -0.1) is 10.2 Å². The van der Waals surface area contributed by atoms with Crippen LogP contribution in [0.1, 0.15) is 25.3 Å². The van der Waals surface area contributed by atoms with Crippen molar-refractivity contribution >= 4 is 23.4 Å². The highest BCUT2D eigenvalue weighted by molar-refractivity contribution is 7.99. The summed E-state index contributed by atoms with van der Waals surface area (Å²) in [6.45, 7) is 4.27. The van der Waals surface area contributed by atoms with Gasteiger partial charge in [0.1, 0.15) is 0 Å². The van der Waals surface area contributed by atoms with Gasteiger partial charge in [-0.1, -0.05) is 68.1 Å². The zero-order chi connectivity index (χ0) is 18.5. The summed E-state index contributed by atoms with van der Waals surface area (Å²) in [5.41, 5.74) is 3.03. The number of nitrogens with zero attached hydrogens (tertiary/aromatic N) is 3. The van der Waals surface area contributed by atoms with Crippen molar-refractivity contribution < 1.29 is 4.79 Å².